The minimum Gasteiger partial charge on any atom is -0.355 e. The van der Waals surface area contributed by atoms with Gasteiger partial charge in [-0.3, -0.25) is 4.79 Å². The van der Waals surface area contributed by atoms with Gasteiger partial charge in [0.25, 0.3) is 0 Å². The highest BCUT2D eigenvalue weighted by Gasteiger charge is 2.33. The highest BCUT2D eigenvalue weighted by Crippen LogP contribution is 2.38. The summed E-state index contributed by atoms with van der Waals surface area (Å²) in [6.07, 6.45) is 7.84. The molecule has 1 aliphatic carbocycles. The first-order valence-electron chi connectivity index (χ1n) is 7.59. The smallest absolute Gasteiger partial charge is 0.220 e. The van der Waals surface area contributed by atoms with Crippen LogP contribution in [0, 0.1) is 0 Å². The molecular weight excluding hydrogens is 234 g/mol. The van der Waals surface area contributed by atoms with Gasteiger partial charge in [0.05, 0.1) is 0 Å². The van der Waals surface area contributed by atoms with Crippen LogP contribution in [0.15, 0.2) is 30.3 Å². The van der Waals surface area contributed by atoms with Crippen LogP contribution in [0.5, 0.6) is 0 Å². The van der Waals surface area contributed by atoms with Crippen molar-refractivity contribution in [1.82, 2.24) is 5.32 Å². The van der Waals surface area contributed by atoms with E-state index < -0.39 is 0 Å². The van der Waals surface area contributed by atoms with E-state index in [2.05, 4.69) is 35.6 Å². The third kappa shape index (κ3) is 3.59. The van der Waals surface area contributed by atoms with Crippen LogP contribution in [0.3, 0.4) is 0 Å². The highest BCUT2D eigenvalue weighted by atomic mass is 16.1. The normalized spacial score (nSPS) is 17.9. The number of carbonyl (C=O) groups is 1. The molecule has 0 atom stereocenters. The van der Waals surface area contributed by atoms with Crippen LogP contribution in [-0.2, 0) is 10.2 Å². The lowest BCUT2D eigenvalue weighted by Gasteiger charge is -2.38. The number of amides is 1. The Kier molecular flexibility index (Phi) is 5.00. The Morgan fingerprint density at radius 2 is 1.84 bits per heavy atom. The fraction of sp³-hybridized carbons (Fsp3) is 0.588. The monoisotopic (exact) mass is 259 g/mol. The third-order valence-corrected chi connectivity index (χ3v) is 4.30. The van der Waals surface area contributed by atoms with Gasteiger partial charge in [-0.15, -0.1) is 0 Å². The molecule has 19 heavy (non-hydrogen) atoms. The number of nitrogens with one attached hydrogen (secondary N) is 1. The number of hydrogen-bond acceptors (Lipinski definition) is 1. The Morgan fingerprint density at radius 1 is 1.16 bits per heavy atom. The van der Waals surface area contributed by atoms with Gasteiger partial charge < -0.3 is 5.32 Å². The summed E-state index contributed by atoms with van der Waals surface area (Å²) in [7, 11) is 0. The molecule has 1 aromatic carbocycles. The van der Waals surface area contributed by atoms with Gasteiger partial charge in [0.15, 0.2) is 0 Å². The second kappa shape index (κ2) is 6.74. The molecule has 0 aromatic heterocycles. The van der Waals surface area contributed by atoms with Gasteiger partial charge in [-0.25, -0.2) is 0 Å². The van der Waals surface area contributed by atoms with Crippen molar-refractivity contribution in [2.75, 3.05) is 6.54 Å². The van der Waals surface area contributed by atoms with Crippen LogP contribution in [0.4, 0.5) is 0 Å². The quantitative estimate of drug-likeness (QED) is 0.856. The van der Waals surface area contributed by atoms with Crippen molar-refractivity contribution in [3.8, 4) is 0 Å². The van der Waals surface area contributed by atoms with Crippen molar-refractivity contribution >= 4 is 5.91 Å². The maximum Gasteiger partial charge on any atom is 0.220 e. The zero-order valence-electron chi connectivity index (χ0n) is 12.0. The van der Waals surface area contributed by atoms with E-state index in [1.54, 1.807) is 0 Å². The van der Waals surface area contributed by atoms with E-state index in [0.717, 1.165) is 13.0 Å². The summed E-state index contributed by atoms with van der Waals surface area (Å²) in [4.78, 5) is 11.7. The van der Waals surface area contributed by atoms with Crippen LogP contribution < -0.4 is 5.32 Å². The van der Waals surface area contributed by atoms with E-state index in [4.69, 9.17) is 0 Å². The Labute approximate surface area is 116 Å². The Hall–Kier alpha value is -1.31. The molecule has 2 nitrogen and oxygen atoms in total. The second-order valence-corrected chi connectivity index (χ2v) is 5.73. The standard InChI is InChI=1S/C17H25NO/c1-2-9-16(19)18-14-17(12-7-4-8-13-17)15-10-5-3-6-11-15/h3,5-6,10-11H,2,4,7-9,12-14H2,1H3,(H,18,19). The molecule has 2 heteroatoms. The van der Waals surface area contributed by atoms with Crippen molar-refractivity contribution in [3.63, 3.8) is 0 Å². The number of benzene rings is 1. The van der Waals surface area contributed by atoms with Crippen LogP contribution in [0.1, 0.15) is 57.4 Å². The fourth-order valence-electron chi connectivity index (χ4n) is 3.17. The van der Waals surface area contributed by atoms with Gasteiger partial charge in [-0.2, -0.15) is 0 Å². The van der Waals surface area contributed by atoms with E-state index >= 15 is 0 Å². The number of carbonyl (C=O) groups excluding carboxylic acids is 1. The summed E-state index contributed by atoms with van der Waals surface area (Å²) >= 11 is 0. The SMILES string of the molecule is CCCC(=O)NCC1(c2ccccc2)CCCCC1. The van der Waals surface area contributed by atoms with Gasteiger partial charge in [0, 0.05) is 18.4 Å². The predicted octanol–water partition coefficient (Wildman–Crippen LogP) is 3.80. The molecule has 0 aliphatic heterocycles. The molecule has 1 aromatic rings. The van der Waals surface area contributed by atoms with Crippen LogP contribution >= 0.6 is 0 Å². The van der Waals surface area contributed by atoms with E-state index in [1.165, 1.54) is 37.7 Å². The molecule has 1 amide bonds. The lowest BCUT2D eigenvalue weighted by atomic mass is 9.69. The number of rotatable bonds is 5. The molecule has 1 aliphatic rings. The molecule has 2 rings (SSSR count). The molecule has 1 saturated carbocycles. The summed E-state index contributed by atoms with van der Waals surface area (Å²) in [6.45, 7) is 2.85. The second-order valence-electron chi connectivity index (χ2n) is 5.73. The van der Waals surface area contributed by atoms with E-state index in [9.17, 15) is 4.79 Å². The topological polar surface area (TPSA) is 29.1 Å². The summed E-state index contributed by atoms with van der Waals surface area (Å²) in [6, 6.07) is 10.7. The molecule has 0 heterocycles. The lowest BCUT2D eigenvalue weighted by molar-refractivity contribution is -0.121. The van der Waals surface area contributed by atoms with Gasteiger partial charge in [0.2, 0.25) is 5.91 Å². The summed E-state index contributed by atoms with van der Waals surface area (Å²) in [5.41, 5.74) is 1.56. The average Bonchev–Trinajstić information content (AvgIpc) is 2.47. The van der Waals surface area contributed by atoms with Gasteiger partial charge in [0.1, 0.15) is 0 Å². The Morgan fingerprint density at radius 3 is 2.47 bits per heavy atom. The van der Waals surface area contributed by atoms with Gasteiger partial charge in [-0.1, -0.05) is 56.5 Å². The zero-order chi connectivity index (χ0) is 13.6. The van der Waals surface area contributed by atoms with Gasteiger partial charge in [-0.05, 0) is 24.8 Å². The summed E-state index contributed by atoms with van der Waals surface area (Å²) < 4.78 is 0. The molecular formula is C17H25NO. The maximum absolute atomic E-state index is 11.7. The van der Waals surface area contributed by atoms with Crippen molar-refractivity contribution < 1.29 is 4.79 Å². The summed E-state index contributed by atoms with van der Waals surface area (Å²) in [5.74, 6) is 0.198. The van der Waals surface area contributed by atoms with Crippen LogP contribution in [0.25, 0.3) is 0 Å². The minimum absolute atomic E-state index is 0.170. The third-order valence-electron chi connectivity index (χ3n) is 4.30. The molecule has 104 valence electrons. The Bertz CT molecular complexity index is 393. The molecule has 1 N–H and O–H groups in total. The summed E-state index contributed by atoms with van der Waals surface area (Å²) in [5, 5.41) is 3.15. The van der Waals surface area contributed by atoms with E-state index in [1.807, 2.05) is 6.92 Å². The molecule has 0 radical (unpaired) electrons. The molecule has 0 bridgehead atoms. The van der Waals surface area contributed by atoms with Crippen molar-refractivity contribution in [1.29, 1.82) is 0 Å². The maximum atomic E-state index is 11.7. The molecule has 0 spiro atoms. The van der Waals surface area contributed by atoms with Crippen LogP contribution in [-0.4, -0.2) is 12.5 Å². The first kappa shape index (κ1) is 14.1. The largest absolute Gasteiger partial charge is 0.355 e. The first-order chi connectivity index (χ1) is 9.27. The highest BCUT2D eigenvalue weighted by molar-refractivity contribution is 5.75. The van der Waals surface area contributed by atoms with E-state index in [-0.39, 0.29) is 11.3 Å². The van der Waals surface area contributed by atoms with Crippen molar-refractivity contribution in [2.24, 2.45) is 0 Å². The predicted molar refractivity (Wildman–Crippen MR) is 79.1 cm³/mol. The average molecular weight is 259 g/mol. The first-order valence-corrected chi connectivity index (χ1v) is 7.59. The van der Waals surface area contributed by atoms with E-state index in [0.29, 0.717) is 6.42 Å². The Balaban J connectivity index is 2.09. The fourth-order valence-corrected chi connectivity index (χ4v) is 3.17. The molecule has 0 saturated heterocycles. The van der Waals surface area contributed by atoms with Crippen LogP contribution in [0.2, 0.25) is 0 Å². The minimum atomic E-state index is 0.170. The lowest BCUT2D eigenvalue weighted by Crippen LogP contribution is -2.42. The van der Waals surface area contributed by atoms with Crippen molar-refractivity contribution in [2.45, 2.75) is 57.3 Å². The van der Waals surface area contributed by atoms with Crippen molar-refractivity contribution in [3.05, 3.63) is 35.9 Å². The molecule has 0 unspecified atom stereocenters. The van der Waals surface area contributed by atoms with Gasteiger partial charge >= 0.3 is 0 Å². The number of hydrogen-bond donors (Lipinski definition) is 1. The zero-order valence-corrected chi connectivity index (χ0v) is 12.0. The molecule has 1 fully saturated rings.